The van der Waals surface area contributed by atoms with Crippen LogP contribution < -0.4 is 10.1 Å². The monoisotopic (exact) mass is 392 g/mol. The highest BCUT2D eigenvalue weighted by Gasteiger charge is 2.27. The van der Waals surface area contributed by atoms with E-state index in [1.807, 2.05) is 0 Å². The lowest BCUT2D eigenvalue weighted by Crippen LogP contribution is -2.37. The summed E-state index contributed by atoms with van der Waals surface area (Å²) in [5, 5.41) is 2.89. The number of amides is 1. The van der Waals surface area contributed by atoms with Gasteiger partial charge in [0, 0.05) is 12.6 Å². The summed E-state index contributed by atoms with van der Waals surface area (Å²) in [4.78, 5) is 14.4. The molecule has 1 saturated heterocycles. The van der Waals surface area contributed by atoms with Crippen LogP contribution in [0.3, 0.4) is 0 Å². The molecule has 1 aliphatic heterocycles. The molecule has 2 aromatic carbocycles. The Balaban J connectivity index is 1.44. The van der Waals surface area contributed by atoms with Crippen molar-refractivity contribution in [2.45, 2.75) is 31.9 Å². The van der Waals surface area contributed by atoms with Crippen LogP contribution in [-0.2, 0) is 11.2 Å². The first-order valence-corrected chi connectivity index (χ1v) is 9.31. The maximum atomic E-state index is 13.1. The van der Waals surface area contributed by atoms with E-state index in [2.05, 4.69) is 15.0 Å². The molecule has 2 aromatic rings. The van der Waals surface area contributed by atoms with Crippen LogP contribution in [0.2, 0.25) is 0 Å². The number of carbonyl (C=O) groups excluding carboxylic acids is 1. The Bertz CT molecular complexity index is 766. The maximum absolute atomic E-state index is 13.1. The normalized spacial score (nSPS) is 17.1. The number of ether oxygens (including phenoxy) is 1. The van der Waals surface area contributed by atoms with Gasteiger partial charge in [-0.05, 0) is 61.2 Å². The highest BCUT2D eigenvalue weighted by atomic mass is 19.3. The van der Waals surface area contributed by atoms with Gasteiger partial charge < -0.3 is 10.1 Å². The van der Waals surface area contributed by atoms with E-state index in [1.54, 1.807) is 24.3 Å². The molecule has 7 heteroatoms. The number of likely N-dealkylation sites (tertiary alicyclic amines) is 1. The minimum Gasteiger partial charge on any atom is -0.435 e. The number of hydrogen-bond acceptors (Lipinski definition) is 3. The average Bonchev–Trinajstić information content (AvgIpc) is 3.11. The molecule has 150 valence electrons. The topological polar surface area (TPSA) is 41.6 Å². The van der Waals surface area contributed by atoms with Crippen molar-refractivity contribution in [1.29, 1.82) is 0 Å². The van der Waals surface area contributed by atoms with Crippen LogP contribution in [-0.4, -0.2) is 37.1 Å². The number of nitrogens with zero attached hydrogens (tertiary/aromatic N) is 1. The highest BCUT2D eigenvalue weighted by Crippen LogP contribution is 2.31. The summed E-state index contributed by atoms with van der Waals surface area (Å²) in [6, 6.07) is 13.0. The molecule has 1 aliphatic rings. The zero-order valence-corrected chi connectivity index (χ0v) is 15.4. The van der Waals surface area contributed by atoms with E-state index in [1.165, 1.54) is 24.3 Å². The van der Waals surface area contributed by atoms with Crippen LogP contribution in [0.15, 0.2) is 48.5 Å². The Kier molecular flexibility index (Phi) is 6.92. The number of benzene rings is 2. The molecular formula is C21H23F3N2O2. The second kappa shape index (κ2) is 9.59. The predicted molar refractivity (Wildman–Crippen MR) is 99.7 cm³/mol. The number of hydrogen-bond donors (Lipinski definition) is 1. The van der Waals surface area contributed by atoms with Crippen molar-refractivity contribution in [1.82, 2.24) is 10.2 Å². The summed E-state index contributed by atoms with van der Waals surface area (Å²) in [5.74, 6) is -0.213. The zero-order valence-electron chi connectivity index (χ0n) is 15.4. The van der Waals surface area contributed by atoms with Crippen LogP contribution in [0, 0.1) is 5.82 Å². The molecule has 1 atom stereocenters. The van der Waals surface area contributed by atoms with E-state index in [4.69, 9.17) is 0 Å². The quantitative estimate of drug-likeness (QED) is 0.740. The molecule has 1 amide bonds. The van der Waals surface area contributed by atoms with Crippen molar-refractivity contribution in [3.63, 3.8) is 0 Å². The minimum absolute atomic E-state index is 0.0633. The lowest BCUT2D eigenvalue weighted by atomic mass is 10.0. The number of halogens is 3. The van der Waals surface area contributed by atoms with Gasteiger partial charge in [-0.1, -0.05) is 24.3 Å². The van der Waals surface area contributed by atoms with Crippen molar-refractivity contribution in [2.75, 3.05) is 19.6 Å². The molecule has 1 unspecified atom stereocenters. The average molecular weight is 392 g/mol. The van der Waals surface area contributed by atoms with Gasteiger partial charge >= 0.3 is 6.61 Å². The number of rotatable bonds is 8. The van der Waals surface area contributed by atoms with Gasteiger partial charge in [0.1, 0.15) is 11.6 Å². The van der Waals surface area contributed by atoms with Gasteiger partial charge in [-0.15, -0.1) is 0 Å². The van der Waals surface area contributed by atoms with Gasteiger partial charge in [-0.25, -0.2) is 4.39 Å². The summed E-state index contributed by atoms with van der Waals surface area (Å²) < 4.78 is 41.7. The molecule has 1 fully saturated rings. The Morgan fingerprint density at radius 3 is 2.54 bits per heavy atom. The lowest BCUT2D eigenvalue weighted by Gasteiger charge is -2.24. The molecular weight excluding hydrogens is 369 g/mol. The van der Waals surface area contributed by atoms with E-state index in [-0.39, 0.29) is 23.5 Å². The van der Waals surface area contributed by atoms with E-state index in [9.17, 15) is 18.0 Å². The van der Waals surface area contributed by atoms with Gasteiger partial charge in [0.25, 0.3) is 0 Å². The third-order valence-electron chi connectivity index (χ3n) is 4.85. The molecule has 1 N–H and O–H groups in total. The first-order chi connectivity index (χ1) is 13.5. The van der Waals surface area contributed by atoms with Crippen molar-refractivity contribution in [2.24, 2.45) is 0 Å². The van der Waals surface area contributed by atoms with Gasteiger partial charge in [-0.2, -0.15) is 8.78 Å². The van der Waals surface area contributed by atoms with Crippen LogP contribution >= 0.6 is 0 Å². The van der Waals surface area contributed by atoms with Crippen LogP contribution in [0.4, 0.5) is 13.2 Å². The van der Waals surface area contributed by atoms with E-state index < -0.39 is 6.61 Å². The fourth-order valence-corrected chi connectivity index (χ4v) is 3.50. The molecule has 1 heterocycles. The standard InChI is InChI=1S/C21H23F3N2O2/c22-17-7-5-16(6-8-17)19-2-1-13-26(19)14-20(27)25-12-11-15-3-9-18(10-4-15)28-21(23)24/h3-10,19,21H,1-2,11-14H2,(H,25,27). The summed E-state index contributed by atoms with van der Waals surface area (Å²) in [5.41, 5.74) is 1.95. The van der Waals surface area contributed by atoms with Crippen LogP contribution in [0.5, 0.6) is 5.75 Å². The molecule has 28 heavy (non-hydrogen) atoms. The fourth-order valence-electron chi connectivity index (χ4n) is 3.50. The number of nitrogens with one attached hydrogen (secondary N) is 1. The minimum atomic E-state index is -2.84. The molecule has 0 saturated carbocycles. The molecule has 3 rings (SSSR count). The summed E-state index contributed by atoms with van der Waals surface area (Å²) >= 11 is 0. The molecule has 0 radical (unpaired) electrons. The van der Waals surface area contributed by atoms with Gasteiger partial charge in [0.15, 0.2) is 0 Å². The maximum Gasteiger partial charge on any atom is 0.387 e. The molecule has 0 aromatic heterocycles. The number of alkyl halides is 2. The Labute approximate surface area is 162 Å². The molecule has 4 nitrogen and oxygen atoms in total. The second-order valence-electron chi connectivity index (χ2n) is 6.80. The zero-order chi connectivity index (χ0) is 19.9. The van der Waals surface area contributed by atoms with Gasteiger partial charge in [-0.3, -0.25) is 9.69 Å². The van der Waals surface area contributed by atoms with Crippen molar-refractivity contribution < 1.29 is 22.7 Å². The highest BCUT2D eigenvalue weighted by molar-refractivity contribution is 5.78. The van der Waals surface area contributed by atoms with Crippen molar-refractivity contribution in [3.05, 3.63) is 65.5 Å². The predicted octanol–water partition coefficient (Wildman–Crippen LogP) is 3.92. The Morgan fingerprint density at radius 1 is 1.14 bits per heavy atom. The van der Waals surface area contributed by atoms with E-state index >= 15 is 0 Å². The third-order valence-corrected chi connectivity index (χ3v) is 4.85. The number of carbonyl (C=O) groups is 1. The second-order valence-corrected chi connectivity index (χ2v) is 6.80. The fraction of sp³-hybridized carbons (Fsp3) is 0.381. The smallest absolute Gasteiger partial charge is 0.387 e. The summed E-state index contributed by atoms with van der Waals surface area (Å²) in [6.07, 6.45) is 2.55. The lowest BCUT2D eigenvalue weighted by molar-refractivity contribution is -0.122. The van der Waals surface area contributed by atoms with E-state index in [0.29, 0.717) is 19.5 Å². The molecule has 0 aliphatic carbocycles. The van der Waals surface area contributed by atoms with Gasteiger partial charge in [0.2, 0.25) is 5.91 Å². The Morgan fingerprint density at radius 2 is 1.86 bits per heavy atom. The SMILES string of the molecule is O=C(CN1CCCC1c1ccc(F)cc1)NCCc1ccc(OC(F)F)cc1. The van der Waals surface area contributed by atoms with Crippen LogP contribution in [0.1, 0.15) is 30.0 Å². The van der Waals surface area contributed by atoms with Crippen molar-refractivity contribution in [3.8, 4) is 5.75 Å². The largest absolute Gasteiger partial charge is 0.435 e. The molecule has 0 bridgehead atoms. The van der Waals surface area contributed by atoms with E-state index in [0.717, 1.165) is 30.5 Å². The first-order valence-electron chi connectivity index (χ1n) is 9.31. The van der Waals surface area contributed by atoms with Gasteiger partial charge in [0.05, 0.1) is 6.54 Å². The third kappa shape index (κ3) is 5.73. The Hall–Kier alpha value is -2.54. The van der Waals surface area contributed by atoms with Crippen LogP contribution in [0.25, 0.3) is 0 Å². The summed E-state index contributed by atoms with van der Waals surface area (Å²) in [6.45, 7) is -1.25. The first kappa shape index (κ1) is 20.2. The summed E-state index contributed by atoms with van der Waals surface area (Å²) in [7, 11) is 0. The molecule has 0 spiro atoms. The van der Waals surface area contributed by atoms with Crippen molar-refractivity contribution >= 4 is 5.91 Å².